The number of nitrogens with zero attached hydrogens (tertiary/aromatic N) is 2. The molecule has 1 saturated carbocycles. The fourth-order valence-corrected chi connectivity index (χ4v) is 8.47. The largest absolute Gasteiger partial charge is 0.466 e. The van der Waals surface area contributed by atoms with Crippen LogP contribution in [0.25, 0.3) is 10.1 Å². The van der Waals surface area contributed by atoms with E-state index in [1.807, 2.05) is 34.1 Å². The predicted octanol–water partition coefficient (Wildman–Crippen LogP) is 7.38. The van der Waals surface area contributed by atoms with Crippen LogP contribution in [0.4, 0.5) is 14.5 Å². The van der Waals surface area contributed by atoms with E-state index in [2.05, 4.69) is 5.32 Å². The minimum Gasteiger partial charge on any atom is -0.466 e. The Bertz CT molecular complexity index is 1630. The van der Waals surface area contributed by atoms with Crippen LogP contribution in [-0.4, -0.2) is 78.4 Å². The van der Waals surface area contributed by atoms with Gasteiger partial charge < -0.3 is 14.8 Å². The highest BCUT2D eigenvalue weighted by molar-refractivity contribution is 7.17. The summed E-state index contributed by atoms with van der Waals surface area (Å²) in [4.78, 5) is 44.2. The van der Waals surface area contributed by atoms with E-state index in [0.717, 1.165) is 29.0 Å². The maximum absolute atomic E-state index is 15.8. The van der Waals surface area contributed by atoms with Crippen LogP contribution in [0, 0.1) is 11.7 Å². The van der Waals surface area contributed by atoms with Crippen molar-refractivity contribution in [3.8, 4) is 0 Å². The lowest BCUT2D eigenvalue weighted by atomic mass is 9.87. The third kappa shape index (κ3) is 7.31. The fourth-order valence-electron chi connectivity index (χ4n) is 7.30. The first-order valence-corrected chi connectivity index (χ1v) is 18.2. The summed E-state index contributed by atoms with van der Waals surface area (Å²) in [6.07, 6.45) is 3.02. The van der Waals surface area contributed by atoms with Gasteiger partial charge in [-0.15, -0.1) is 11.3 Å². The lowest BCUT2D eigenvalue weighted by Crippen LogP contribution is -2.69. The van der Waals surface area contributed by atoms with Gasteiger partial charge in [-0.3, -0.25) is 24.2 Å². The second kappa shape index (κ2) is 15.3. The van der Waals surface area contributed by atoms with Gasteiger partial charge >= 0.3 is 5.97 Å². The van der Waals surface area contributed by atoms with E-state index >= 15 is 4.39 Å². The number of carbonyl (C=O) groups is 3. The fraction of sp³-hybridized carbons (Fsp3) is 0.528. The summed E-state index contributed by atoms with van der Waals surface area (Å²) in [5.74, 6) is -3.36. The minimum absolute atomic E-state index is 0.0857. The number of halogens is 3. The molecule has 1 amide bonds. The molecule has 12 heteroatoms. The average Bonchev–Trinajstić information content (AvgIpc) is 3.78. The van der Waals surface area contributed by atoms with Crippen LogP contribution < -0.4 is 5.32 Å². The van der Waals surface area contributed by atoms with Crippen LogP contribution >= 0.6 is 22.9 Å². The summed E-state index contributed by atoms with van der Waals surface area (Å²) in [6.45, 7) is 4.00. The van der Waals surface area contributed by atoms with Crippen molar-refractivity contribution in [3.05, 3.63) is 63.7 Å². The van der Waals surface area contributed by atoms with Crippen LogP contribution in [0.2, 0.25) is 5.02 Å². The number of anilines is 1. The molecule has 1 aliphatic carbocycles. The summed E-state index contributed by atoms with van der Waals surface area (Å²) in [5, 5.41) is 5.39. The maximum Gasteiger partial charge on any atom is 0.308 e. The van der Waals surface area contributed by atoms with E-state index in [1.165, 1.54) is 17.4 Å². The summed E-state index contributed by atoms with van der Waals surface area (Å²) in [7, 11) is 0. The molecule has 258 valence electrons. The number of ketones is 1. The summed E-state index contributed by atoms with van der Waals surface area (Å²) >= 11 is 8.05. The third-order valence-corrected chi connectivity index (χ3v) is 11.1. The zero-order chi connectivity index (χ0) is 33.8. The van der Waals surface area contributed by atoms with Crippen molar-refractivity contribution in [1.29, 1.82) is 0 Å². The van der Waals surface area contributed by atoms with Gasteiger partial charge in [-0.25, -0.2) is 8.78 Å². The molecule has 2 aliphatic heterocycles. The standard InChI is InChI=1S/C36H42ClF2N3O5S/c1-2-46-35(45)23-9-11-26(12-10-23)47-36(41-15-5-6-16-41,42-17-13-25(38)14-18-42)33(43)20-24-19-29(37)31(21-30(24)39)40-34(44)28-22-48-32-8-4-3-7-27(28)32/h3-4,7-8,19,21-23,25-26H,2,5-6,9-18,20H2,1H3,(H,40,44)/t23-,26-,36?. The van der Waals surface area contributed by atoms with E-state index in [1.54, 1.807) is 12.3 Å². The summed E-state index contributed by atoms with van der Waals surface area (Å²) in [6, 6.07) is 10.1. The number of alkyl halides is 1. The highest BCUT2D eigenvalue weighted by Crippen LogP contribution is 2.38. The molecule has 6 rings (SSSR count). The highest BCUT2D eigenvalue weighted by atomic mass is 35.5. The number of ether oxygens (including phenoxy) is 2. The minimum atomic E-state index is -1.51. The summed E-state index contributed by atoms with van der Waals surface area (Å²) < 4.78 is 43.3. The van der Waals surface area contributed by atoms with Crippen molar-refractivity contribution in [1.82, 2.24) is 9.80 Å². The Morgan fingerprint density at radius 2 is 1.69 bits per heavy atom. The van der Waals surface area contributed by atoms with Crippen molar-refractivity contribution < 1.29 is 32.6 Å². The zero-order valence-corrected chi connectivity index (χ0v) is 28.7. The molecule has 1 unspecified atom stereocenters. The van der Waals surface area contributed by atoms with Crippen LogP contribution in [0.15, 0.2) is 41.8 Å². The second-order valence-electron chi connectivity index (χ2n) is 12.9. The van der Waals surface area contributed by atoms with Crippen LogP contribution in [0.3, 0.4) is 0 Å². The first-order chi connectivity index (χ1) is 23.2. The number of rotatable bonds is 11. The molecule has 0 spiro atoms. The number of hydrogen-bond acceptors (Lipinski definition) is 8. The number of amides is 1. The average molecular weight is 702 g/mol. The topological polar surface area (TPSA) is 88.2 Å². The molecular weight excluding hydrogens is 660 g/mol. The van der Waals surface area contributed by atoms with Gasteiger partial charge in [0.15, 0.2) is 5.78 Å². The van der Waals surface area contributed by atoms with Crippen molar-refractivity contribution in [2.24, 2.45) is 5.92 Å². The number of hydrogen-bond donors (Lipinski definition) is 1. The molecule has 3 fully saturated rings. The molecule has 1 atom stereocenters. The smallest absolute Gasteiger partial charge is 0.308 e. The van der Waals surface area contributed by atoms with E-state index in [0.29, 0.717) is 64.0 Å². The van der Waals surface area contributed by atoms with Gasteiger partial charge in [-0.05, 0) is 82.1 Å². The van der Waals surface area contributed by atoms with E-state index in [4.69, 9.17) is 21.1 Å². The molecule has 3 aliphatic rings. The van der Waals surface area contributed by atoms with Crippen LogP contribution in [0.5, 0.6) is 0 Å². The number of benzene rings is 2. The lowest BCUT2D eigenvalue weighted by Gasteiger charge is -2.51. The number of Topliss-reactive ketones (excluding diaryl/α,β-unsaturated/α-hetero) is 1. The molecule has 48 heavy (non-hydrogen) atoms. The SMILES string of the molecule is CCOC(=O)[C@H]1CC[C@H](OC(C(=O)Cc2cc(Cl)c(NC(=O)c3csc4ccccc34)cc2F)(N2CCCC2)N2CCC(F)CC2)CC1. The molecule has 0 bridgehead atoms. The Kier molecular flexibility index (Phi) is 11.1. The number of fused-ring (bicyclic) bond motifs is 1. The molecule has 1 aromatic heterocycles. The Labute approximate surface area is 288 Å². The number of likely N-dealkylation sites (tertiary alicyclic amines) is 2. The van der Waals surface area contributed by atoms with Gasteiger partial charge in [0, 0.05) is 48.1 Å². The quantitative estimate of drug-likeness (QED) is 0.209. The maximum atomic E-state index is 15.8. The Hall–Kier alpha value is -2.96. The van der Waals surface area contributed by atoms with Gasteiger partial charge in [0.1, 0.15) is 12.0 Å². The number of thiophene rings is 1. The normalized spacial score (nSPS) is 22.4. The second-order valence-corrected chi connectivity index (χ2v) is 14.2. The Morgan fingerprint density at radius 1 is 1.00 bits per heavy atom. The molecule has 3 aromatic rings. The molecule has 2 aromatic carbocycles. The van der Waals surface area contributed by atoms with E-state index in [9.17, 15) is 18.8 Å². The molecular formula is C36H42ClF2N3O5S. The van der Waals surface area contributed by atoms with Gasteiger partial charge in [-0.2, -0.15) is 0 Å². The monoisotopic (exact) mass is 701 g/mol. The van der Waals surface area contributed by atoms with Gasteiger partial charge in [0.05, 0.1) is 34.9 Å². The molecule has 3 heterocycles. The van der Waals surface area contributed by atoms with E-state index in [-0.39, 0.29) is 59.3 Å². The zero-order valence-electron chi connectivity index (χ0n) is 27.2. The molecule has 8 nitrogen and oxygen atoms in total. The number of carbonyl (C=O) groups excluding carboxylic acids is 3. The first kappa shape index (κ1) is 34.9. The van der Waals surface area contributed by atoms with E-state index < -0.39 is 23.7 Å². The van der Waals surface area contributed by atoms with Crippen molar-refractivity contribution in [3.63, 3.8) is 0 Å². The predicted molar refractivity (Wildman–Crippen MR) is 183 cm³/mol. The number of esters is 1. The summed E-state index contributed by atoms with van der Waals surface area (Å²) in [5.41, 5.74) is 0.658. The number of piperidine rings is 1. The molecule has 2 saturated heterocycles. The van der Waals surface area contributed by atoms with Crippen molar-refractivity contribution in [2.45, 2.75) is 82.8 Å². The van der Waals surface area contributed by atoms with Gasteiger partial charge in [0.25, 0.3) is 5.91 Å². The first-order valence-electron chi connectivity index (χ1n) is 17.0. The van der Waals surface area contributed by atoms with Gasteiger partial charge in [0.2, 0.25) is 5.85 Å². The third-order valence-electron chi connectivity index (χ3n) is 9.84. The highest BCUT2D eigenvalue weighted by Gasteiger charge is 2.53. The van der Waals surface area contributed by atoms with Crippen molar-refractivity contribution >= 4 is 56.4 Å². The Balaban J connectivity index is 1.25. The van der Waals surface area contributed by atoms with Crippen LogP contribution in [0.1, 0.15) is 74.2 Å². The van der Waals surface area contributed by atoms with Crippen LogP contribution in [-0.2, 0) is 25.5 Å². The Morgan fingerprint density at radius 3 is 2.40 bits per heavy atom. The molecule has 0 radical (unpaired) electrons. The molecule has 1 N–H and O–H groups in total. The number of nitrogens with one attached hydrogen (secondary N) is 1. The van der Waals surface area contributed by atoms with Crippen molar-refractivity contribution in [2.75, 3.05) is 38.1 Å². The lowest BCUT2D eigenvalue weighted by molar-refractivity contribution is -0.260. The van der Waals surface area contributed by atoms with Gasteiger partial charge in [-0.1, -0.05) is 29.8 Å².